The van der Waals surface area contributed by atoms with E-state index in [9.17, 15) is 0 Å². The van der Waals surface area contributed by atoms with Crippen molar-refractivity contribution in [2.24, 2.45) is 5.73 Å². The van der Waals surface area contributed by atoms with Crippen LogP contribution in [-0.4, -0.2) is 40.4 Å². The first-order valence-electron chi connectivity index (χ1n) is 11.9. The molecule has 6 heteroatoms. The van der Waals surface area contributed by atoms with E-state index in [4.69, 9.17) is 22.3 Å². The highest BCUT2D eigenvalue weighted by atomic mass is 15.1. The topological polar surface area (TPSA) is 116 Å². The van der Waals surface area contributed by atoms with E-state index in [1.165, 1.54) is 5.56 Å². The van der Waals surface area contributed by atoms with Crippen molar-refractivity contribution in [2.45, 2.75) is 50.7 Å². The van der Waals surface area contributed by atoms with Gasteiger partial charge in [0.25, 0.3) is 0 Å². The van der Waals surface area contributed by atoms with Crippen LogP contribution in [-0.2, 0) is 13.0 Å². The summed E-state index contributed by atoms with van der Waals surface area (Å²) >= 11 is 0. The van der Waals surface area contributed by atoms with Gasteiger partial charge in [-0.15, -0.1) is 0 Å². The van der Waals surface area contributed by atoms with Crippen LogP contribution >= 0.6 is 0 Å². The van der Waals surface area contributed by atoms with Gasteiger partial charge in [-0.05, 0) is 67.6 Å². The minimum Gasteiger partial charge on any atom is -0.398 e. The SMILES string of the molecule is CN(Cc1cccc(CC(=N)C(=N)c2cc(-c3cccnc3)ccc2N)c1)C1CCC(N)CC1. The summed E-state index contributed by atoms with van der Waals surface area (Å²) < 4.78 is 0. The van der Waals surface area contributed by atoms with Crippen LogP contribution in [0.4, 0.5) is 5.69 Å². The van der Waals surface area contributed by atoms with Crippen molar-refractivity contribution in [3.05, 3.63) is 83.7 Å². The standard InChI is InChI=1S/C28H34N6/c1-34(24-10-8-23(29)9-11-24)18-20-5-2-4-19(14-20)15-27(31)28(32)25-16-21(7-12-26(25)30)22-6-3-13-33-17-22/h2-7,12-14,16-17,23-24,31-32H,8-11,15,18,29-30H2,1H3. The summed E-state index contributed by atoms with van der Waals surface area (Å²) in [5.74, 6) is 0. The van der Waals surface area contributed by atoms with Crippen LogP contribution in [0.1, 0.15) is 42.4 Å². The van der Waals surface area contributed by atoms with Gasteiger partial charge in [-0.25, -0.2) is 0 Å². The zero-order chi connectivity index (χ0) is 24.1. The zero-order valence-corrected chi connectivity index (χ0v) is 19.8. The number of rotatable bonds is 8. The molecule has 3 aromatic rings. The first kappa shape index (κ1) is 23.8. The second-order valence-electron chi connectivity index (χ2n) is 9.38. The molecule has 1 aliphatic rings. The number of nitrogens with one attached hydrogen (secondary N) is 2. The average Bonchev–Trinajstić information content (AvgIpc) is 2.85. The molecule has 34 heavy (non-hydrogen) atoms. The van der Waals surface area contributed by atoms with E-state index in [1.54, 1.807) is 18.5 Å². The predicted molar refractivity (Wildman–Crippen MR) is 140 cm³/mol. The monoisotopic (exact) mass is 454 g/mol. The van der Waals surface area contributed by atoms with E-state index in [1.807, 2.05) is 36.4 Å². The summed E-state index contributed by atoms with van der Waals surface area (Å²) in [5, 5.41) is 17.3. The molecule has 1 aliphatic carbocycles. The van der Waals surface area contributed by atoms with Gasteiger partial charge in [-0.2, -0.15) is 0 Å². The molecule has 2 aromatic carbocycles. The van der Waals surface area contributed by atoms with E-state index in [-0.39, 0.29) is 11.4 Å². The molecule has 176 valence electrons. The Bertz CT molecular complexity index is 1150. The lowest BCUT2D eigenvalue weighted by atomic mass is 9.90. The summed E-state index contributed by atoms with van der Waals surface area (Å²) in [6.07, 6.45) is 8.41. The lowest BCUT2D eigenvalue weighted by Crippen LogP contribution is -2.38. The molecule has 1 saturated carbocycles. The zero-order valence-electron chi connectivity index (χ0n) is 19.8. The van der Waals surface area contributed by atoms with Gasteiger partial charge in [0.15, 0.2) is 0 Å². The molecular weight excluding hydrogens is 420 g/mol. The number of nitrogens with two attached hydrogens (primary N) is 2. The molecule has 0 amide bonds. The molecule has 0 unspecified atom stereocenters. The normalized spacial score (nSPS) is 18.1. The molecule has 0 atom stereocenters. The maximum Gasteiger partial charge on any atom is 0.0844 e. The third-order valence-corrected chi connectivity index (χ3v) is 6.79. The molecule has 0 bridgehead atoms. The van der Waals surface area contributed by atoms with Crippen molar-refractivity contribution in [1.29, 1.82) is 10.8 Å². The Hall–Kier alpha value is -3.35. The number of pyridine rings is 1. The molecule has 6 nitrogen and oxygen atoms in total. The van der Waals surface area contributed by atoms with Crippen molar-refractivity contribution in [3.8, 4) is 11.1 Å². The lowest BCUT2D eigenvalue weighted by molar-refractivity contribution is 0.176. The Morgan fingerprint density at radius 1 is 0.971 bits per heavy atom. The fourth-order valence-corrected chi connectivity index (χ4v) is 4.74. The summed E-state index contributed by atoms with van der Waals surface area (Å²) in [6, 6.07) is 18.8. The summed E-state index contributed by atoms with van der Waals surface area (Å²) in [6.45, 7) is 0.874. The van der Waals surface area contributed by atoms with Crippen molar-refractivity contribution in [3.63, 3.8) is 0 Å². The molecule has 0 aliphatic heterocycles. The third-order valence-electron chi connectivity index (χ3n) is 6.79. The van der Waals surface area contributed by atoms with Gasteiger partial charge in [0.2, 0.25) is 0 Å². The van der Waals surface area contributed by atoms with Crippen LogP contribution < -0.4 is 11.5 Å². The van der Waals surface area contributed by atoms with Gasteiger partial charge in [0.1, 0.15) is 0 Å². The Morgan fingerprint density at radius 3 is 2.47 bits per heavy atom. The van der Waals surface area contributed by atoms with Crippen LogP contribution in [0.25, 0.3) is 11.1 Å². The van der Waals surface area contributed by atoms with Crippen molar-refractivity contribution >= 4 is 17.1 Å². The van der Waals surface area contributed by atoms with Crippen LogP contribution in [0.15, 0.2) is 67.0 Å². The molecule has 0 spiro atoms. The fraction of sp³-hybridized carbons (Fsp3) is 0.321. The van der Waals surface area contributed by atoms with Crippen LogP contribution in [0.2, 0.25) is 0 Å². The van der Waals surface area contributed by atoms with E-state index in [0.29, 0.717) is 29.8 Å². The number of nitrogen functional groups attached to an aromatic ring is 1. The number of aromatic nitrogens is 1. The van der Waals surface area contributed by atoms with Gasteiger partial charge in [0, 0.05) is 54.3 Å². The highest BCUT2D eigenvalue weighted by molar-refractivity contribution is 6.47. The minimum absolute atomic E-state index is 0.157. The molecule has 0 radical (unpaired) electrons. The second-order valence-corrected chi connectivity index (χ2v) is 9.38. The second kappa shape index (κ2) is 10.7. The largest absolute Gasteiger partial charge is 0.398 e. The molecule has 4 rings (SSSR count). The quantitative estimate of drug-likeness (QED) is 0.292. The van der Waals surface area contributed by atoms with Gasteiger partial charge in [-0.1, -0.05) is 36.4 Å². The Labute approximate surface area is 202 Å². The van der Waals surface area contributed by atoms with Gasteiger partial charge < -0.3 is 16.9 Å². The predicted octanol–water partition coefficient (Wildman–Crippen LogP) is 4.66. The smallest absolute Gasteiger partial charge is 0.0844 e. The number of hydrogen-bond donors (Lipinski definition) is 4. The summed E-state index contributed by atoms with van der Waals surface area (Å²) in [5.41, 5.74) is 17.9. The number of nitrogens with zero attached hydrogens (tertiary/aromatic N) is 2. The first-order chi connectivity index (χ1) is 16.4. The molecule has 0 saturated heterocycles. The van der Waals surface area contributed by atoms with E-state index in [0.717, 1.165) is 48.9 Å². The molecule has 1 aromatic heterocycles. The maximum atomic E-state index is 8.66. The highest BCUT2D eigenvalue weighted by Crippen LogP contribution is 2.25. The molecule has 1 heterocycles. The number of anilines is 1. The minimum atomic E-state index is 0.157. The third kappa shape index (κ3) is 5.76. The Balaban J connectivity index is 1.43. The molecule has 1 fully saturated rings. The van der Waals surface area contributed by atoms with Gasteiger partial charge in [-0.3, -0.25) is 15.3 Å². The van der Waals surface area contributed by atoms with Crippen molar-refractivity contribution in [2.75, 3.05) is 12.8 Å². The van der Waals surface area contributed by atoms with E-state index >= 15 is 0 Å². The molecule has 6 N–H and O–H groups in total. The van der Waals surface area contributed by atoms with Crippen molar-refractivity contribution in [1.82, 2.24) is 9.88 Å². The van der Waals surface area contributed by atoms with E-state index in [2.05, 4.69) is 29.1 Å². The number of hydrogen-bond acceptors (Lipinski definition) is 6. The molecular formula is C28H34N6. The Kier molecular flexibility index (Phi) is 7.50. The summed E-state index contributed by atoms with van der Waals surface area (Å²) in [7, 11) is 2.18. The van der Waals surface area contributed by atoms with Crippen LogP contribution in [0, 0.1) is 10.8 Å². The van der Waals surface area contributed by atoms with Crippen LogP contribution in [0.5, 0.6) is 0 Å². The van der Waals surface area contributed by atoms with Gasteiger partial charge in [0.05, 0.1) is 11.4 Å². The van der Waals surface area contributed by atoms with E-state index < -0.39 is 0 Å². The number of benzene rings is 2. The van der Waals surface area contributed by atoms with Gasteiger partial charge >= 0.3 is 0 Å². The lowest BCUT2D eigenvalue weighted by Gasteiger charge is -2.33. The fourth-order valence-electron chi connectivity index (χ4n) is 4.74. The van der Waals surface area contributed by atoms with Crippen LogP contribution in [0.3, 0.4) is 0 Å². The highest BCUT2D eigenvalue weighted by Gasteiger charge is 2.22. The Morgan fingerprint density at radius 2 is 1.74 bits per heavy atom. The summed E-state index contributed by atoms with van der Waals surface area (Å²) in [4.78, 5) is 6.59. The van der Waals surface area contributed by atoms with Crippen molar-refractivity contribution < 1.29 is 0 Å². The first-order valence-corrected chi connectivity index (χ1v) is 11.9. The maximum absolute atomic E-state index is 8.66. The average molecular weight is 455 g/mol.